The summed E-state index contributed by atoms with van der Waals surface area (Å²) in [5.74, 6) is -0.283. The van der Waals surface area contributed by atoms with Gasteiger partial charge in [0.2, 0.25) is 5.91 Å². The SMILES string of the molecule is O=C1N[C@@]2(CCOc3ccccc32)C(=O)N1CC(=O)N(C1CC1)[C@@H]1CCS(=O)(=O)C1. The maximum atomic E-state index is 13.3. The van der Waals surface area contributed by atoms with E-state index < -0.39 is 27.3 Å². The molecule has 0 radical (unpaired) electrons. The molecule has 4 aliphatic rings. The fraction of sp³-hybridized carbons (Fsp3) is 0.550. The predicted octanol–water partition coefficient (Wildman–Crippen LogP) is 0.394. The van der Waals surface area contributed by atoms with Crippen molar-refractivity contribution in [3.8, 4) is 5.75 Å². The van der Waals surface area contributed by atoms with Crippen LogP contribution in [0, 0.1) is 0 Å². The average Bonchev–Trinajstić information content (AvgIpc) is 3.43. The van der Waals surface area contributed by atoms with Gasteiger partial charge in [-0.2, -0.15) is 0 Å². The normalized spacial score (nSPS) is 29.5. The summed E-state index contributed by atoms with van der Waals surface area (Å²) in [7, 11) is -3.15. The number of imide groups is 1. The molecule has 9 nitrogen and oxygen atoms in total. The molecule has 0 bridgehead atoms. The van der Waals surface area contributed by atoms with E-state index in [0.29, 0.717) is 17.7 Å². The van der Waals surface area contributed by atoms with Gasteiger partial charge in [0, 0.05) is 24.1 Å². The van der Waals surface area contributed by atoms with E-state index in [9.17, 15) is 22.8 Å². The Bertz CT molecular complexity index is 1040. The first-order chi connectivity index (χ1) is 14.3. The summed E-state index contributed by atoms with van der Waals surface area (Å²) in [6.07, 6.45) is 2.32. The minimum atomic E-state index is -3.15. The minimum Gasteiger partial charge on any atom is -0.493 e. The monoisotopic (exact) mass is 433 g/mol. The molecule has 3 heterocycles. The van der Waals surface area contributed by atoms with Crippen molar-refractivity contribution >= 4 is 27.7 Å². The summed E-state index contributed by atoms with van der Waals surface area (Å²) in [4.78, 5) is 41.8. The average molecular weight is 433 g/mol. The first kappa shape index (κ1) is 19.3. The molecule has 5 rings (SSSR count). The quantitative estimate of drug-likeness (QED) is 0.688. The van der Waals surface area contributed by atoms with Gasteiger partial charge in [0.05, 0.1) is 18.1 Å². The lowest BCUT2D eigenvalue weighted by Crippen LogP contribution is -2.50. The molecule has 1 aliphatic carbocycles. The van der Waals surface area contributed by atoms with Crippen molar-refractivity contribution in [1.82, 2.24) is 15.1 Å². The standard InChI is InChI=1S/C20H23N3O6S/c24-17(23(13-5-6-13)14-7-10-30(27,28)12-14)11-22-18(25)20(21-19(22)26)8-9-29-16-4-2-1-3-15(16)20/h1-4,13-14H,5-12H2,(H,21,26)/t14-,20-/m1/s1. The van der Waals surface area contributed by atoms with E-state index in [4.69, 9.17) is 4.74 Å². The zero-order valence-corrected chi connectivity index (χ0v) is 17.2. The van der Waals surface area contributed by atoms with Crippen molar-refractivity contribution in [3.05, 3.63) is 29.8 Å². The van der Waals surface area contributed by atoms with Crippen LogP contribution in [-0.2, 0) is 25.0 Å². The molecule has 2 saturated heterocycles. The number of nitrogens with zero attached hydrogens (tertiary/aromatic N) is 2. The van der Waals surface area contributed by atoms with Crippen LogP contribution >= 0.6 is 0 Å². The fourth-order valence-corrected chi connectivity index (χ4v) is 6.50. The third-order valence-corrected chi connectivity index (χ3v) is 8.13. The molecule has 2 atom stereocenters. The zero-order valence-electron chi connectivity index (χ0n) is 16.4. The van der Waals surface area contributed by atoms with Crippen molar-refractivity contribution < 1.29 is 27.5 Å². The highest BCUT2D eigenvalue weighted by atomic mass is 32.2. The molecule has 1 saturated carbocycles. The molecule has 1 N–H and O–H groups in total. The van der Waals surface area contributed by atoms with E-state index in [1.807, 2.05) is 0 Å². The molecule has 4 amide bonds. The number of carbonyl (C=O) groups is 3. The molecule has 1 spiro atoms. The first-order valence-corrected chi connectivity index (χ1v) is 12.0. The van der Waals surface area contributed by atoms with E-state index in [-0.39, 0.29) is 49.1 Å². The number of para-hydroxylation sites is 1. The molecule has 30 heavy (non-hydrogen) atoms. The molecule has 160 valence electrons. The molecule has 0 unspecified atom stereocenters. The van der Waals surface area contributed by atoms with Crippen LogP contribution < -0.4 is 10.1 Å². The van der Waals surface area contributed by atoms with Crippen molar-refractivity contribution in [2.24, 2.45) is 0 Å². The molecule has 1 aromatic carbocycles. The number of carbonyl (C=O) groups excluding carboxylic acids is 3. The maximum Gasteiger partial charge on any atom is 0.325 e. The maximum absolute atomic E-state index is 13.3. The largest absolute Gasteiger partial charge is 0.493 e. The Morgan fingerprint density at radius 3 is 2.67 bits per heavy atom. The number of rotatable bonds is 4. The Morgan fingerprint density at radius 1 is 1.20 bits per heavy atom. The summed E-state index contributed by atoms with van der Waals surface area (Å²) >= 11 is 0. The summed E-state index contributed by atoms with van der Waals surface area (Å²) in [6.45, 7) is -0.110. The van der Waals surface area contributed by atoms with Crippen LogP contribution in [0.5, 0.6) is 5.75 Å². The second-order valence-electron chi connectivity index (χ2n) is 8.41. The number of amides is 4. The third-order valence-electron chi connectivity index (χ3n) is 6.38. The zero-order chi connectivity index (χ0) is 21.1. The van der Waals surface area contributed by atoms with Gasteiger partial charge in [0.25, 0.3) is 5.91 Å². The molecule has 1 aromatic rings. The summed E-state index contributed by atoms with van der Waals surface area (Å²) in [6, 6.07) is 6.07. The molecule has 10 heteroatoms. The van der Waals surface area contributed by atoms with Crippen molar-refractivity contribution in [2.45, 2.75) is 43.3 Å². The van der Waals surface area contributed by atoms with E-state index >= 15 is 0 Å². The van der Waals surface area contributed by atoms with E-state index in [1.54, 1.807) is 29.2 Å². The highest BCUT2D eigenvalue weighted by molar-refractivity contribution is 7.91. The van der Waals surface area contributed by atoms with Gasteiger partial charge in [-0.3, -0.25) is 14.5 Å². The van der Waals surface area contributed by atoms with E-state index in [0.717, 1.165) is 17.7 Å². The fourth-order valence-electron chi connectivity index (χ4n) is 4.79. The van der Waals surface area contributed by atoms with Gasteiger partial charge in [0.15, 0.2) is 15.4 Å². The Hall–Kier alpha value is -2.62. The summed E-state index contributed by atoms with van der Waals surface area (Å²) in [5, 5.41) is 2.79. The number of sulfone groups is 1. The summed E-state index contributed by atoms with van der Waals surface area (Å²) < 4.78 is 29.4. The van der Waals surface area contributed by atoms with Crippen LogP contribution in [0.2, 0.25) is 0 Å². The summed E-state index contributed by atoms with van der Waals surface area (Å²) in [5.41, 5.74) is -0.640. The van der Waals surface area contributed by atoms with E-state index in [2.05, 4.69) is 5.32 Å². The second kappa shape index (κ2) is 6.69. The number of hydrogen-bond acceptors (Lipinski definition) is 6. The number of hydrogen-bond donors (Lipinski definition) is 1. The van der Waals surface area contributed by atoms with Crippen LogP contribution in [-0.4, -0.2) is 72.8 Å². The highest BCUT2D eigenvalue weighted by Crippen LogP contribution is 2.41. The van der Waals surface area contributed by atoms with Gasteiger partial charge in [0.1, 0.15) is 12.3 Å². The van der Waals surface area contributed by atoms with Crippen LogP contribution in [0.4, 0.5) is 4.79 Å². The van der Waals surface area contributed by atoms with Gasteiger partial charge in [-0.25, -0.2) is 13.2 Å². The Balaban J connectivity index is 1.39. The number of urea groups is 1. The Morgan fingerprint density at radius 2 is 1.97 bits per heavy atom. The molecular weight excluding hydrogens is 410 g/mol. The Kier molecular flexibility index (Phi) is 4.32. The molecule has 0 aromatic heterocycles. The molecular formula is C20H23N3O6S. The predicted molar refractivity (Wildman–Crippen MR) is 105 cm³/mol. The lowest BCUT2D eigenvalue weighted by molar-refractivity contribution is -0.141. The van der Waals surface area contributed by atoms with Crippen LogP contribution in [0.3, 0.4) is 0 Å². The van der Waals surface area contributed by atoms with Gasteiger partial charge >= 0.3 is 6.03 Å². The van der Waals surface area contributed by atoms with Crippen molar-refractivity contribution in [1.29, 1.82) is 0 Å². The van der Waals surface area contributed by atoms with Crippen LogP contribution in [0.1, 0.15) is 31.2 Å². The van der Waals surface area contributed by atoms with Gasteiger partial charge in [-0.05, 0) is 25.3 Å². The van der Waals surface area contributed by atoms with Crippen LogP contribution in [0.15, 0.2) is 24.3 Å². The second-order valence-corrected chi connectivity index (χ2v) is 10.6. The smallest absolute Gasteiger partial charge is 0.325 e. The van der Waals surface area contributed by atoms with Crippen molar-refractivity contribution in [2.75, 3.05) is 24.7 Å². The first-order valence-electron chi connectivity index (χ1n) is 10.2. The minimum absolute atomic E-state index is 0.00525. The highest BCUT2D eigenvalue weighted by Gasteiger charge is 2.55. The van der Waals surface area contributed by atoms with Gasteiger partial charge in [-0.1, -0.05) is 18.2 Å². The van der Waals surface area contributed by atoms with Crippen molar-refractivity contribution in [3.63, 3.8) is 0 Å². The number of ether oxygens (including phenoxy) is 1. The van der Waals surface area contributed by atoms with Gasteiger partial charge in [-0.15, -0.1) is 0 Å². The molecule has 3 aliphatic heterocycles. The number of fused-ring (bicyclic) bond motifs is 2. The third kappa shape index (κ3) is 3.05. The lowest BCUT2D eigenvalue weighted by atomic mass is 9.84. The number of nitrogens with one attached hydrogen (secondary N) is 1. The number of benzene rings is 1. The van der Waals surface area contributed by atoms with Gasteiger partial charge < -0.3 is 15.0 Å². The van der Waals surface area contributed by atoms with E-state index in [1.165, 1.54) is 0 Å². The molecule has 3 fully saturated rings. The topological polar surface area (TPSA) is 113 Å². The lowest BCUT2D eigenvalue weighted by Gasteiger charge is -2.33. The van der Waals surface area contributed by atoms with Crippen LogP contribution in [0.25, 0.3) is 0 Å². The Labute approximate surface area is 174 Å².